The first-order valence-electron chi connectivity index (χ1n) is 5.24. The molecule has 0 saturated carbocycles. The molecule has 17 heavy (non-hydrogen) atoms. The summed E-state index contributed by atoms with van der Waals surface area (Å²) in [5.74, 6) is 0.460. The lowest BCUT2D eigenvalue weighted by molar-refractivity contribution is 0.225. The van der Waals surface area contributed by atoms with Crippen LogP contribution in [0.1, 0.15) is 11.1 Å². The maximum absolute atomic E-state index is 10.5. The number of halogens is 1. The van der Waals surface area contributed by atoms with Crippen molar-refractivity contribution in [3.05, 3.63) is 65.7 Å². The molecular formula is C14H11ClO2. The van der Waals surface area contributed by atoms with Crippen molar-refractivity contribution in [1.82, 2.24) is 0 Å². The van der Waals surface area contributed by atoms with Crippen LogP contribution in [0.4, 0.5) is 4.79 Å². The van der Waals surface area contributed by atoms with Gasteiger partial charge in [0.05, 0.1) is 0 Å². The zero-order chi connectivity index (χ0) is 12.1. The first kappa shape index (κ1) is 11.7. The number of ether oxygens (including phenoxy) is 1. The molecule has 0 aliphatic carbocycles. The Kier molecular flexibility index (Phi) is 3.78. The largest absolute Gasteiger partial charge is 0.415 e. The quantitative estimate of drug-likeness (QED) is 0.765. The number of carbonyl (C=O) groups is 1. The molecule has 0 saturated heterocycles. The summed E-state index contributed by atoms with van der Waals surface area (Å²) in [6.07, 6.45) is 0.857. The van der Waals surface area contributed by atoms with Crippen LogP contribution in [0, 0.1) is 0 Å². The summed E-state index contributed by atoms with van der Waals surface area (Å²) in [5, 5.41) is 0. The highest BCUT2D eigenvalue weighted by molar-refractivity contribution is 6.61. The smallest absolute Gasteiger partial charge is 0.409 e. The molecule has 0 aliphatic heterocycles. The lowest BCUT2D eigenvalue weighted by atomic mass is 10.1. The summed E-state index contributed by atoms with van der Waals surface area (Å²) in [6, 6.07) is 17.5. The molecule has 2 aromatic rings. The molecule has 0 fully saturated rings. The Labute approximate surface area is 105 Å². The minimum Gasteiger partial charge on any atom is -0.415 e. The third-order valence-electron chi connectivity index (χ3n) is 2.37. The molecule has 0 atom stereocenters. The molecule has 0 amide bonds. The van der Waals surface area contributed by atoms with Crippen LogP contribution in [-0.4, -0.2) is 5.43 Å². The minimum atomic E-state index is -0.819. The highest BCUT2D eigenvalue weighted by Crippen LogP contribution is 2.15. The third-order valence-corrected chi connectivity index (χ3v) is 2.45. The van der Waals surface area contributed by atoms with Gasteiger partial charge < -0.3 is 4.74 Å². The standard InChI is InChI=1S/C14H11ClO2/c15-14(16)17-13-8-6-12(7-9-13)10-11-4-2-1-3-5-11/h1-9H,10H2. The van der Waals surface area contributed by atoms with Crippen molar-refractivity contribution in [2.24, 2.45) is 0 Å². The summed E-state index contributed by atoms with van der Waals surface area (Å²) in [6.45, 7) is 0. The van der Waals surface area contributed by atoms with Gasteiger partial charge in [-0.15, -0.1) is 0 Å². The van der Waals surface area contributed by atoms with E-state index in [0.29, 0.717) is 5.75 Å². The fourth-order valence-corrected chi connectivity index (χ4v) is 1.69. The maximum Gasteiger partial charge on any atom is 0.409 e. The van der Waals surface area contributed by atoms with E-state index in [4.69, 9.17) is 16.3 Å². The van der Waals surface area contributed by atoms with Crippen LogP contribution in [0.15, 0.2) is 54.6 Å². The van der Waals surface area contributed by atoms with Crippen molar-refractivity contribution in [2.75, 3.05) is 0 Å². The van der Waals surface area contributed by atoms with Gasteiger partial charge in [-0.3, -0.25) is 0 Å². The topological polar surface area (TPSA) is 26.3 Å². The minimum absolute atomic E-state index is 0.460. The van der Waals surface area contributed by atoms with E-state index in [0.717, 1.165) is 12.0 Å². The molecule has 0 spiro atoms. The fourth-order valence-electron chi connectivity index (χ4n) is 1.60. The lowest BCUT2D eigenvalue weighted by Crippen LogP contribution is -1.96. The summed E-state index contributed by atoms with van der Waals surface area (Å²) in [5.41, 5.74) is 1.58. The van der Waals surface area contributed by atoms with Gasteiger partial charge in [-0.05, 0) is 29.7 Å². The molecule has 0 aliphatic rings. The van der Waals surface area contributed by atoms with E-state index in [-0.39, 0.29) is 0 Å². The van der Waals surface area contributed by atoms with Gasteiger partial charge in [-0.25, -0.2) is 4.79 Å². The lowest BCUT2D eigenvalue weighted by Gasteiger charge is -2.03. The Bertz CT molecular complexity index is 491. The van der Waals surface area contributed by atoms with E-state index < -0.39 is 5.43 Å². The average molecular weight is 247 g/mol. The van der Waals surface area contributed by atoms with Crippen LogP contribution < -0.4 is 4.74 Å². The molecule has 0 N–H and O–H groups in total. The summed E-state index contributed by atoms with van der Waals surface area (Å²) in [4.78, 5) is 10.5. The van der Waals surface area contributed by atoms with E-state index in [2.05, 4.69) is 12.1 Å². The molecule has 3 heteroatoms. The second-order valence-corrected chi connectivity index (χ2v) is 3.95. The van der Waals surface area contributed by atoms with E-state index >= 15 is 0 Å². The third kappa shape index (κ3) is 3.61. The summed E-state index contributed by atoms with van der Waals surface area (Å²) in [7, 11) is 0. The Morgan fingerprint density at radius 1 is 0.941 bits per heavy atom. The first-order valence-corrected chi connectivity index (χ1v) is 5.62. The first-order chi connectivity index (χ1) is 8.24. The van der Waals surface area contributed by atoms with Crippen LogP contribution in [-0.2, 0) is 6.42 Å². The molecule has 0 unspecified atom stereocenters. The molecule has 0 bridgehead atoms. The summed E-state index contributed by atoms with van der Waals surface area (Å²) < 4.78 is 4.75. The van der Waals surface area contributed by atoms with Crippen LogP contribution in [0.2, 0.25) is 0 Å². The Morgan fingerprint density at radius 2 is 1.53 bits per heavy atom. The van der Waals surface area contributed by atoms with Gasteiger partial charge in [0, 0.05) is 11.6 Å². The normalized spacial score (nSPS) is 9.94. The zero-order valence-electron chi connectivity index (χ0n) is 9.10. The van der Waals surface area contributed by atoms with E-state index in [9.17, 15) is 4.79 Å². The fraction of sp³-hybridized carbons (Fsp3) is 0.0714. The van der Waals surface area contributed by atoms with Crippen molar-refractivity contribution in [3.63, 3.8) is 0 Å². The number of carbonyl (C=O) groups excluding carboxylic acids is 1. The monoisotopic (exact) mass is 246 g/mol. The predicted octanol–water partition coefficient (Wildman–Crippen LogP) is 4.02. The van der Waals surface area contributed by atoms with Crippen molar-refractivity contribution in [1.29, 1.82) is 0 Å². The number of benzene rings is 2. The Hall–Kier alpha value is -1.80. The molecule has 0 radical (unpaired) electrons. The highest BCUT2D eigenvalue weighted by Gasteiger charge is 2.00. The average Bonchev–Trinajstić information content (AvgIpc) is 2.32. The van der Waals surface area contributed by atoms with Crippen LogP contribution in [0.25, 0.3) is 0 Å². The van der Waals surface area contributed by atoms with Crippen molar-refractivity contribution < 1.29 is 9.53 Å². The second-order valence-electron chi connectivity index (χ2n) is 3.65. The van der Waals surface area contributed by atoms with Crippen molar-refractivity contribution in [3.8, 4) is 5.75 Å². The van der Waals surface area contributed by atoms with Gasteiger partial charge in [-0.1, -0.05) is 42.5 Å². The van der Waals surface area contributed by atoms with E-state index in [1.807, 2.05) is 30.3 Å². The SMILES string of the molecule is O=C(Cl)Oc1ccc(Cc2ccccc2)cc1. The van der Waals surface area contributed by atoms with Gasteiger partial charge in [0.15, 0.2) is 0 Å². The van der Waals surface area contributed by atoms with Crippen molar-refractivity contribution in [2.45, 2.75) is 6.42 Å². The molecule has 0 heterocycles. The molecular weight excluding hydrogens is 236 g/mol. The molecule has 0 aromatic heterocycles. The summed E-state index contributed by atoms with van der Waals surface area (Å²) >= 11 is 5.12. The number of hydrogen-bond acceptors (Lipinski definition) is 2. The van der Waals surface area contributed by atoms with Gasteiger partial charge in [0.1, 0.15) is 5.75 Å². The van der Waals surface area contributed by atoms with Crippen LogP contribution in [0.5, 0.6) is 5.75 Å². The van der Waals surface area contributed by atoms with Crippen molar-refractivity contribution >= 4 is 17.0 Å². The van der Waals surface area contributed by atoms with Gasteiger partial charge in [-0.2, -0.15) is 0 Å². The molecule has 2 aromatic carbocycles. The van der Waals surface area contributed by atoms with Gasteiger partial charge in [0.2, 0.25) is 0 Å². The van der Waals surface area contributed by atoms with Gasteiger partial charge in [0.25, 0.3) is 0 Å². The molecule has 2 rings (SSSR count). The predicted molar refractivity (Wildman–Crippen MR) is 67.6 cm³/mol. The Morgan fingerprint density at radius 3 is 2.12 bits per heavy atom. The maximum atomic E-state index is 10.5. The Balaban J connectivity index is 2.06. The number of hydrogen-bond donors (Lipinski definition) is 0. The second kappa shape index (κ2) is 5.51. The number of rotatable bonds is 3. The molecule has 86 valence electrons. The van der Waals surface area contributed by atoms with Crippen LogP contribution >= 0.6 is 11.6 Å². The van der Waals surface area contributed by atoms with E-state index in [1.54, 1.807) is 12.1 Å². The van der Waals surface area contributed by atoms with Gasteiger partial charge >= 0.3 is 5.43 Å². The highest BCUT2D eigenvalue weighted by atomic mass is 35.5. The van der Waals surface area contributed by atoms with E-state index in [1.165, 1.54) is 5.56 Å². The van der Waals surface area contributed by atoms with Crippen LogP contribution in [0.3, 0.4) is 0 Å². The zero-order valence-corrected chi connectivity index (χ0v) is 9.85. The molecule has 2 nitrogen and oxygen atoms in total.